The first-order valence-electron chi connectivity index (χ1n) is 7.44. The lowest BCUT2D eigenvalue weighted by atomic mass is 9.97. The van der Waals surface area contributed by atoms with Crippen molar-refractivity contribution in [3.05, 3.63) is 0 Å². The van der Waals surface area contributed by atoms with E-state index in [2.05, 4.69) is 36.0 Å². The molecule has 0 saturated carbocycles. The summed E-state index contributed by atoms with van der Waals surface area (Å²) in [5, 5.41) is 3.67. The van der Waals surface area contributed by atoms with Crippen LogP contribution in [0.3, 0.4) is 0 Å². The van der Waals surface area contributed by atoms with E-state index in [0.717, 1.165) is 19.8 Å². The molecule has 0 aromatic heterocycles. The number of nitrogens with one attached hydrogen (secondary N) is 1. The molecule has 0 bridgehead atoms. The summed E-state index contributed by atoms with van der Waals surface area (Å²) in [5.74, 6) is 0.705. The van der Waals surface area contributed by atoms with Crippen molar-refractivity contribution < 1.29 is 4.74 Å². The summed E-state index contributed by atoms with van der Waals surface area (Å²) in [6.45, 7) is 12.3. The van der Waals surface area contributed by atoms with Crippen molar-refractivity contribution in [3.63, 3.8) is 0 Å². The maximum Gasteiger partial charge on any atom is 0.0510 e. The third-order valence-electron chi connectivity index (χ3n) is 4.40. The van der Waals surface area contributed by atoms with Crippen molar-refractivity contribution in [1.82, 2.24) is 15.1 Å². The third-order valence-corrected chi connectivity index (χ3v) is 4.40. The Balaban J connectivity index is 1.87. The van der Waals surface area contributed by atoms with Crippen LogP contribution >= 0.6 is 0 Å². The molecule has 1 N–H and O–H groups in total. The van der Waals surface area contributed by atoms with Crippen molar-refractivity contribution in [3.8, 4) is 0 Å². The monoisotopic (exact) mass is 255 g/mol. The second-order valence-electron chi connectivity index (χ2n) is 5.89. The average Bonchev–Trinajstić information content (AvgIpc) is 2.85. The van der Waals surface area contributed by atoms with E-state index in [1.165, 1.54) is 32.6 Å². The van der Waals surface area contributed by atoms with Gasteiger partial charge in [-0.05, 0) is 26.9 Å². The van der Waals surface area contributed by atoms with Gasteiger partial charge >= 0.3 is 0 Å². The Morgan fingerprint density at radius 2 is 2.22 bits per heavy atom. The van der Waals surface area contributed by atoms with Crippen LogP contribution in [0.1, 0.15) is 20.3 Å². The van der Waals surface area contributed by atoms with E-state index in [-0.39, 0.29) is 0 Å². The van der Waals surface area contributed by atoms with Gasteiger partial charge in [0.2, 0.25) is 0 Å². The molecule has 3 atom stereocenters. The number of hydrogen-bond acceptors (Lipinski definition) is 4. The summed E-state index contributed by atoms with van der Waals surface area (Å²) in [4.78, 5) is 5.08. The minimum absolute atomic E-state index is 0.600. The lowest BCUT2D eigenvalue weighted by Gasteiger charge is -2.41. The predicted octanol–water partition coefficient (Wildman–Crippen LogP) is 0.637. The van der Waals surface area contributed by atoms with Gasteiger partial charge in [0.05, 0.1) is 6.61 Å². The van der Waals surface area contributed by atoms with Gasteiger partial charge in [-0.3, -0.25) is 4.90 Å². The molecule has 4 nitrogen and oxygen atoms in total. The van der Waals surface area contributed by atoms with Gasteiger partial charge in [0.15, 0.2) is 0 Å². The molecule has 2 aliphatic rings. The molecule has 0 amide bonds. The van der Waals surface area contributed by atoms with Crippen molar-refractivity contribution in [2.45, 2.75) is 32.4 Å². The molecule has 0 radical (unpaired) electrons. The van der Waals surface area contributed by atoms with E-state index >= 15 is 0 Å². The summed E-state index contributed by atoms with van der Waals surface area (Å²) < 4.78 is 5.55. The Labute approximate surface area is 112 Å². The van der Waals surface area contributed by atoms with Crippen LogP contribution in [-0.2, 0) is 4.74 Å². The molecule has 0 aromatic rings. The zero-order valence-corrected chi connectivity index (χ0v) is 12.2. The van der Waals surface area contributed by atoms with E-state index in [4.69, 9.17) is 4.74 Å². The quantitative estimate of drug-likeness (QED) is 0.780. The third kappa shape index (κ3) is 3.67. The van der Waals surface area contributed by atoms with Crippen LogP contribution < -0.4 is 5.32 Å². The molecule has 2 heterocycles. The second kappa shape index (κ2) is 6.85. The Morgan fingerprint density at radius 3 is 2.83 bits per heavy atom. The van der Waals surface area contributed by atoms with Crippen LogP contribution in [-0.4, -0.2) is 74.9 Å². The maximum atomic E-state index is 5.55. The second-order valence-corrected chi connectivity index (χ2v) is 5.89. The van der Waals surface area contributed by atoms with Crippen LogP contribution in [0.2, 0.25) is 0 Å². The Bertz CT molecular complexity index is 243. The van der Waals surface area contributed by atoms with Gasteiger partial charge < -0.3 is 15.0 Å². The first-order chi connectivity index (χ1) is 8.70. The van der Waals surface area contributed by atoms with Gasteiger partial charge in [-0.1, -0.05) is 6.92 Å². The van der Waals surface area contributed by atoms with Gasteiger partial charge in [-0.15, -0.1) is 0 Å². The molecule has 2 fully saturated rings. The van der Waals surface area contributed by atoms with Crippen molar-refractivity contribution in [2.75, 3.05) is 53.0 Å². The molecule has 0 aromatic carbocycles. The normalized spacial score (nSPS) is 32.8. The fourth-order valence-corrected chi connectivity index (χ4v) is 3.21. The van der Waals surface area contributed by atoms with E-state index in [9.17, 15) is 0 Å². The lowest BCUT2D eigenvalue weighted by Crippen LogP contribution is -2.55. The van der Waals surface area contributed by atoms with Gasteiger partial charge in [-0.2, -0.15) is 0 Å². The van der Waals surface area contributed by atoms with Crippen LogP contribution in [0.15, 0.2) is 0 Å². The Hall–Kier alpha value is -0.160. The van der Waals surface area contributed by atoms with Crippen molar-refractivity contribution >= 4 is 0 Å². The molecule has 2 saturated heterocycles. The Morgan fingerprint density at radius 1 is 1.39 bits per heavy atom. The first-order valence-corrected chi connectivity index (χ1v) is 7.44. The van der Waals surface area contributed by atoms with Crippen molar-refractivity contribution in [1.29, 1.82) is 0 Å². The number of piperazine rings is 1. The topological polar surface area (TPSA) is 27.7 Å². The first kappa shape index (κ1) is 14.3. The molecule has 0 aliphatic carbocycles. The maximum absolute atomic E-state index is 5.55. The van der Waals surface area contributed by atoms with E-state index in [0.29, 0.717) is 18.0 Å². The van der Waals surface area contributed by atoms with Gasteiger partial charge in [0.25, 0.3) is 0 Å². The highest BCUT2D eigenvalue weighted by atomic mass is 16.5. The van der Waals surface area contributed by atoms with E-state index < -0.39 is 0 Å². The van der Waals surface area contributed by atoms with Crippen LogP contribution in [0.25, 0.3) is 0 Å². The number of ether oxygens (including phenoxy) is 1. The molecule has 4 heteroatoms. The largest absolute Gasteiger partial charge is 0.381 e. The molecule has 2 rings (SSSR count). The van der Waals surface area contributed by atoms with Crippen LogP contribution in [0.4, 0.5) is 0 Å². The van der Waals surface area contributed by atoms with E-state index in [1.807, 2.05) is 0 Å². The molecular weight excluding hydrogens is 226 g/mol. The fraction of sp³-hybridized carbons (Fsp3) is 1.00. The number of nitrogens with zero attached hydrogens (tertiary/aromatic N) is 2. The van der Waals surface area contributed by atoms with Crippen LogP contribution in [0.5, 0.6) is 0 Å². The predicted molar refractivity (Wildman–Crippen MR) is 74.9 cm³/mol. The zero-order valence-electron chi connectivity index (χ0n) is 12.2. The summed E-state index contributed by atoms with van der Waals surface area (Å²) in [7, 11) is 2.22. The molecule has 0 spiro atoms. The highest BCUT2D eigenvalue weighted by Crippen LogP contribution is 2.19. The number of hydrogen-bond donors (Lipinski definition) is 1. The zero-order chi connectivity index (χ0) is 13.0. The number of rotatable bonds is 5. The molecule has 3 unspecified atom stereocenters. The highest BCUT2D eigenvalue weighted by Gasteiger charge is 2.29. The van der Waals surface area contributed by atoms with Gasteiger partial charge in [0, 0.05) is 50.8 Å². The number of likely N-dealkylation sites (N-methyl/N-ethyl adjacent to an activating group) is 2. The minimum atomic E-state index is 0.600. The van der Waals surface area contributed by atoms with Gasteiger partial charge in [0.1, 0.15) is 0 Å². The molecule has 2 aliphatic heterocycles. The summed E-state index contributed by atoms with van der Waals surface area (Å²) >= 11 is 0. The summed E-state index contributed by atoms with van der Waals surface area (Å²) in [5.41, 5.74) is 0. The van der Waals surface area contributed by atoms with E-state index in [1.54, 1.807) is 0 Å². The Kier molecular flexibility index (Phi) is 5.42. The molecular formula is C14H29N3O. The smallest absolute Gasteiger partial charge is 0.0510 e. The standard InChI is InChI=1S/C14H29N3O/c1-4-15-14(13-5-8-18-11-13)10-17-7-6-16(3)9-12(17)2/h12-15H,4-11H2,1-3H3. The fourth-order valence-electron chi connectivity index (χ4n) is 3.21. The summed E-state index contributed by atoms with van der Waals surface area (Å²) in [6.07, 6.45) is 1.22. The van der Waals surface area contributed by atoms with Gasteiger partial charge in [-0.25, -0.2) is 0 Å². The average molecular weight is 255 g/mol. The van der Waals surface area contributed by atoms with Crippen LogP contribution in [0, 0.1) is 5.92 Å². The molecule has 18 heavy (non-hydrogen) atoms. The van der Waals surface area contributed by atoms with Crippen molar-refractivity contribution in [2.24, 2.45) is 5.92 Å². The SMILES string of the molecule is CCNC(CN1CCN(C)CC1C)C1CCOC1. The minimum Gasteiger partial charge on any atom is -0.381 e. The lowest BCUT2D eigenvalue weighted by molar-refractivity contribution is 0.0797. The highest BCUT2D eigenvalue weighted by molar-refractivity contribution is 4.86. The molecule has 106 valence electrons. The summed E-state index contributed by atoms with van der Waals surface area (Å²) in [6, 6.07) is 1.27.